The molecule has 0 aromatic carbocycles. The van der Waals surface area contributed by atoms with Crippen LogP contribution >= 0.6 is 0 Å². The lowest BCUT2D eigenvalue weighted by atomic mass is 9.95. The quantitative estimate of drug-likeness (QED) is 0.625. The highest BCUT2D eigenvalue weighted by Crippen LogP contribution is 2.18. The number of carbonyl (C=O) groups is 1. The molecule has 0 amide bonds. The molecule has 0 radical (unpaired) electrons. The predicted octanol–water partition coefficient (Wildman–Crippen LogP) is 0.164. The highest BCUT2D eigenvalue weighted by atomic mass is 16.4. The predicted molar refractivity (Wildman–Crippen MR) is 46.0 cm³/mol. The highest BCUT2D eigenvalue weighted by molar-refractivity contribution is 5.78. The molecule has 0 saturated heterocycles. The average molecular weight is 175 g/mol. The van der Waals surface area contributed by atoms with Crippen LogP contribution in [0.4, 0.5) is 0 Å². The van der Waals surface area contributed by atoms with Crippen LogP contribution in [0.3, 0.4) is 0 Å². The Hall–Kier alpha value is -0.610. The van der Waals surface area contributed by atoms with E-state index in [9.17, 15) is 4.79 Å². The first-order valence-corrected chi connectivity index (χ1v) is 3.97. The van der Waals surface area contributed by atoms with Crippen LogP contribution in [0, 0.1) is 0 Å². The summed E-state index contributed by atoms with van der Waals surface area (Å²) in [5.74, 6) is -0.846. The van der Waals surface area contributed by atoms with Crippen molar-refractivity contribution in [1.82, 2.24) is 4.90 Å². The lowest BCUT2D eigenvalue weighted by Crippen LogP contribution is -2.48. The van der Waals surface area contributed by atoms with Gasteiger partial charge in [0.1, 0.15) is 5.54 Å². The molecule has 1 unspecified atom stereocenters. The fourth-order valence-electron chi connectivity index (χ4n) is 0.945. The molecule has 4 nitrogen and oxygen atoms in total. The SMILES string of the molecule is CN(C)C(C)(CCCO)C(=O)O. The minimum Gasteiger partial charge on any atom is -0.480 e. The molecule has 4 heteroatoms. The zero-order valence-corrected chi connectivity index (χ0v) is 7.87. The zero-order valence-electron chi connectivity index (χ0n) is 7.87. The summed E-state index contributed by atoms with van der Waals surface area (Å²) in [5.41, 5.74) is -0.858. The summed E-state index contributed by atoms with van der Waals surface area (Å²) in [7, 11) is 3.46. The van der Waals surface area contributed by atoms with Crippen molar-refractivity contribution in [2.75, 3.05) is 20.7 Å². The minimum absolute atomic E-state index is 0.0384. The normalized spacial score (nSPS) is 16.1. The summed E-state index contributed by atoms with van der Waals surface area (Å²) < 4.78 is 0. The number of carboxylic acids is 1. The number of aliphatic carboxylic acids is 1. The molecule has 0 bridgehead atoms. The van der Waals surface area contributed by atoms with Gasteiger partial charge in [0, 0.05) is 6.61 Å². The minimum atomic E-state index is -0.858. The molecule has 12 heavy (non-hydrogen) atoms. The number of carboxylic acid groups (broad SMARTS) is 1. The molecule has 2 N–H and O–H groups in total. The Morgan fingerprint density at radius 3 is 2.25 bits per heavy atom. The second kappa shape index (κ2) is 4.42. The lowest BCUT2D eigenvalue weighted by molar-refractivity contribution is -0.149. The fourth-order valence-corrected chi connectivity index (χ4v) is 0.945. The zero-order chi connectivity index (χ0) is 9.78. The van der Waals surface area contributed by atoms with Crippen LogP contribution in [0.2, 0.25) is 0 Å². The Kier molecular flexibility index (Phi) is 4.20. The van der Waals surface area contributed by atoms with Crippen LogP contribution in [0.25, 0.3) is 0 Å². The van der Waals surface area contributed by atoms with Crippen molar-refractivity contribution >= 4 is 5.97 Å². The Bertz CT molecular complexity index is 158. The van der Waals surface area contributed by atoms with Crippen LogP contribution in [-0.2, 0) is 4.79 Å². The van der Waals surface area contributed by atoms with Gasteiger partial charge in [-0.15, -0.1) is 0 Å². The molecule has 0 aliphatic heterocycles. The topological polar surface area (TPSA) is 60.8 Å². The van der Waals surface area contributed by atoms with Crippen molar-refractivity contribution in [3.8, 4) is 0 Å². The van der Waals surface area contributed by atoms with Crippen molar-refractivity contribution in [1.29, 1.82) is 0 Å². The standard InChI is InChI=1S/C8H17NO3/c1-8(7(11)12,9(2)3)5-4-6-10/h10H,4-6H2,1-3H3,(H,11,12). The Balaban J connectivity index is 4.29. The van der Waals surface area contributed by atoms with E-state index in [2.05, 4.69) is 0 Å². The summed E-state index contributed by atoms with van der Waals surface area (Å²) in [6.07, 6.45) is 0.979. The smallest absolute Gasteiger partial charge is 0.323 e. The number of likely N-dealkylation sites (N-methyl/N-ethyl adjacent to an activating group) is 1. The second-order valence-electron chi connectivity index (χ2n) is 3.30. The molecule has 0 aromatic heterocycles. The first kappa shape index (κ1) is 11.4. The van der Waals surface area contributed by atoms with E-state index in [0.717, 1.165) is 0 Å². The van der Waals surface area contributed by atoms with Crippen molar-refractivity contribution in [3.05, 3.63) is 0 Å². The second-order valence-corrected chi connectivity index (χ2v) is 3.30. The molecular weight excluding hydrogens is 158 g/mol. The number of nitrogens with zero attached hydrogens (tertiary/aromatic N) is 1. The summed E-state index contributed by atoms with van der Waals surface area (Å²) in [4.78, 5) is 12.5. The van der Waals surface area contributed by atoms with Gasteiger partial charge in [0.05, 0.1) is 0 Å². The van der Waals surface area contributed by atoms with Crippen LogP contribution < -0.4 is 0 Å². The first-order valence-electron chi connectivity index (χ1n) is 3.97. The Morgan fingerprint density at radius 2 is 2.00 bits per heavy atom. The maximum atomic E-state index is 10.8. The van der Waals surface area contributed by atoms with E-state index in [1.165, 1.54) is 0 Å². The molecule has 1 atom stereocenters. The van der Waals surface area contributed by atoms with Gasteiger partial charge < -0.3 is 10.2 Å². The van der Waals surface area contributed by atoms with Crippen LogP contribution in [0.15, 0.2) is 0 Å². The van der Waals surface area contributed by atoms with Gasteiger partial charge in [-0.1, -0.05) is 0 Å². The first-order chi connectivity index (χ1) is 5.45. The van der Waals surface area contributed by atoms with E-state index in [0.29, 0.717) is 12.8 Å². The van der Waals surface area contributed by atoms with Gasteiger partial charge in [-0.25, -0.2) is 0 Å². The Labute approximate surface area is 72.8 Å². The Morgan fingerprint density at radius 1 is 1.50 bits per heavy atom. The average Bonchev–Trinajstić information content (AvgIpc) is 1.99. The number of aliphatic hydroxyl groups excluding tert-OH is 1. The molecule has 0 aromatic rings. The van der Waals surface area contributed by atoms with E-state index in [4.69, 9.17) is 10.2 Å². The monoisotopic (exact) mass is 175 g/mol. The van der Waals surface area contributed by atoms with Gasteiger partial charge in [-0.05, 0) is 33.9 Å². The van der Waals surface area contributed by atoms with E-state index in [1.807, 2.05) is 0 Å². The summed E-state index contributed by atoms with van der Waals surface area (Å²) in [5, 5.41) is 17.5. The van der Waals surface area contributed by atoms with E-state index in [-0.39, 0.29) is 6.61 Å². The molecule has 0 aliphatic carbocycles. The summed E-state index contributed by atoms with van der Waals surface area (Å²) in [6, 6.07) is 0. The van der Waals surface area contributed by atoms with Crippen LogP contribution in [0.1, 0.15) is 19.8 Å². The maximum Gasteiger partial charge on any atom is 0.323 e. The number of hydrogen-bond donors (Lipinski definition) is 2. The van der Waals surface area contributed by atoms with Crippen LogP contribution in [0.5, 0.6) is 0 Å². The number of rotatable bonds is 5. The highest BCUT2D eigenvalue weighted by Gasteiger charge is 2.34. The molecule has 0 heterocycles. The molecule has 0 spiro atoms. The van der Waals surface area contributed by atoms with Gasteiger partial charge in [0.25, 0.3) is 0 Å². The van der Waals surface area contributed by atoms with Gasteiger partial charge in [0.15, 0.2) is 0 Å². The third-order valence-corrected chi connectivity index (χ3v) is 2.27. The molecule has 0 rings (SSSR count). The molecule has 0 fully saturated rings. The van der Waals surface area contributed by atoms with E-state index < -0.39 is 11.5 Å². The van der Waals surface area contributed by atoms with Crippen molar-refractivity contribution in [2.24, 2.45) is 0 Å². The van der Waals surface area contributed by atoms with E-state index >= 15 is 0 Å². The van der Waals surface area contributed by atoms with Crippen molar-refractivity contribution < 1.29 is 15.0 Å². The van der Waals surface area contributed by atoms with Gasteiger partial charge in [-0.3, -0.25) is 9.69 Å². The number of aliphatic hydroxyl groups is 1. The molecular formula is C8H17NO3. The fraction of sp³-hybridized carbons (Fsp3) is 0.875. The van der Waals surface area contributed by atoms with Crippen LogP contribution in [-0.4, -0.2) is 47.3 Å². The summed E-state index contributed by atoms with van der Waals surface area (Å²) >= 11 is 0. The third-order valence-electron chi connectivity index (χ3n) is 2.27. The third kappa shape index (κ3) is 2.46. The molecule has 72 valence electrons. The van der Waals surface area contributed by atoms with Crippen molar-refractivity contribution in [3.63, 3.8) is 0 Å². The van der Waals surface area contributed by atoms with Gasteiger partial charge in [0.2, 0.25) is 0 Å². The number of hydrogen-bond acceptors (Lipinski definition) is 3. The molecule has 0 aliphatic rings. The van der Waals surface area contributed by atoms with Gasteiger partial charge in [-0.2, -0.15) is 0 Å². The van der Waals surface area contributed by atoms with E-state index in [1.54, 1.807) is 25.9 Å². The molecule has 0 saturated carbocycles. The maximum absolute atomic E-state index is 10.8. The summed E-state index contributed by atoms with van der Waals surface area (Å²) in [6.45, 7) is 1.70. The van der Waals surface area contributed by atoms with Crippen molar-refractivity contribution in [2.45, 2.75) is 25.3 Å². The largest absolute Gasteiger partial charge is 0.480 e. The van der Waals surface area contributed by atoms with Gasteiger partial charge >= 0.3 is 5.97 Å². The lowest BCUT2D eigenvalue weighted by Gasteiger charge is -2.31.